The standard InChI is InChI=1S/C13H17BrN2OS/c1-8-9(2)18-6-5-16(8)13(17)11-4-3-10(14)7-12(11)15/h3-4,7-9H,5-6,15H2,1-2H3. The second kappa shape index (κ2) is 5.53. The van der Waals surface area contributed by atoms with E-state index in [-0.39, 0.29) is 11.9 Å². The van der Waals surface area contributed by atoms with Crippen molar-refractivity contribution in [3.8, 4) is 0 Å². The van der Waals surface area contributed by atoms with Crippen molar-refractivity contribution < 1.29 is 4.79 Å². The minimum atomic E-state index is 0.0413. The molecule has 2 atom stereocenters. The molecule has 1 fully saturated rings. The Hall–Kier alpha value is -0.680. The van der Waals surface area contributed by atoms with Gasteiger partial charge in [-0.3, -0.25) is 4.79 Å². The number of thioether (sulfide) groups is 1. The molecule has 1 aromatic carbocycles. The lowest BCUT2D eigenvalue weighted by Gasteiger charge is -2.37. The lowest BCUT2D eigenvalue weighted by Crippen LogP contribution is -2.48. The number of nitrogens with two attached hydrogens (primary N) is 1. The van der Waals surface area contributed by atoms with Gasteiger partial charge in [0, 0.05) is 33.7 Å². The summed E-state index contributed by atoms with van der Waals surface area (Å²) in [5.74, 6) is 1.04. The maximum absolute atomic E-state index is 12.5. The summed E-state index contributed by atoms with van der Waals surface area (Å²) in [5.41, 5.74) is 7.06. The molecule has 0 bridgehead atoms. The summed E-state index contributed by atoms with van der Waals surface area (Å²) >= 11 is 5.27. The Kier molecular flexibility index (Phi) is 4.22. The third-order valence-corrected chi connectivity index (χ3v) is 5.22. The first-order chi connectivity index (χ1) is 8.50. The molecule has 18 heavy (non-hydrogen) atoms. The number of hydrogen-bond acceptors (Lipinski definition) is 3. The van der Waals surface area contributed by atoms with Crippen LogP contribution < -0.4 is 5.73 Å². The van der Waals surface area contributed by atoms with Crippen LogP contribution in [0.4, 0.5) is 5.69 Å². The van der Waals surface area contributed by atoms with Gasteiger partial charge in [-0.05, 0) is 25.1 Å². The van der Waals surface area contributed by atoms with Crippen LogP contribution in [0.2, 0.25) is 0 Å². The number of benzene rings is 1. The van der Waals surface area contributed by atoms with Crippen molar-refractivity contribution in [2.45, 2.75) is 25.1 Å². The average Bonchev–Trinajstić information content (AvgIpc) is 2.32. The second-order valence-electron chi connectivity index (χ2n) is 4.55. The van der Waals surface area contributed by atoms with Crippen molar-refractivity contribution in [2.24, 2.45) is 0 Å². The van der Waals surface area contributed by atoms with Crippen LogP contribution in [-0.2, 0) is 0 Å². The Morgan fingerprint density at radius 1 is 1.50 bits per heavy atom. The zero-order valence-electron chi connectivity index (χ0n) is 10.5. The molecule has 1 amide bonds. The maximum atomic E-state index is 12.5. The van der Waals surface area contributed by atoms with Crippen LogP contribution in [0.1, 0.15) is 24.2 Å². The van der Waals surface area contributed by atoms with Crippen molar-refractivity contribution in [3.05, 3.63) is 28.2 Å². The van der Waals surface area contributed by atoms with Gasteiger partial charge in [-0.1, -0.05) is 22.9 Å². The van der Waals surface area contributed by atoms with Gasteiger partial charge in [0.2, 0.25) is 0 Å². The highest BCUT2D eigenvalue weighted by atomic mass is 79.9. The van der Waals surface area contributed by atoms with Gasteiger partial charge in [0.05, 0.1) is 5.56 Å². The first-order valence-electron chi connectivity index (χ1n) is 5.98. The van der Waals surface area contributed by atoms with Crippen molar-refractivity contribution in [2.75, 3.05) is 18.0 Å². The minimum absolute atomic E-state index is 0.0413. The van der Waals surface area contributed by atoms with Crippen LogP contribution in [-0.4, -0.2) is 34.4 Å². The fourth-order valence-corrected chi connectivity index (χ4v) is 3.58. The summed E-state index contributed by atoms with van der Waals surface area (Å²) in [4.78, 5) is 14.4. The highest BCUT2D eigenvalue weighted by Gasteiger charge is 2.30. The van der Waals surface area contributed by atoms with Gasteiger partial charge >= 0.3 is 0 Å². The minimum Gasteiger partial charge on any atom is -0.398 e. The first kappa shape index (κ1) is 13.7. The van der Waals surface area contributed by atoms with Gasteiger partial charge in [-0.15, -0.1) is 0 Å². The molecule has 2 N–H and O–H groups in total. The third kappa shape index (κ3) is 2.67. The summed E-state index contributed by atoms with van der Waals surface area (Å²) in [6, 6.07) is 5.68. The molecule has 0 radical (unpaired) electrons. The molecule has 1 aromatic rings. The van der Waals surface area contributed by atoms with E-state index in [4.69, 9.17) is 5.73 Å². The van der Waals surface area contributed by atoms with E-state index in [2.05, 4.69) is 29.8 Å². The highest BCUT2D eigenvalue weighted by Crippen LogP contribution is 2.27. The third-order valence-electron chi connectivity index (χ3n) is 3.39. The van der Waals surface area contributed by atoms with Crippen LogP contribution in [0.25, 0.3) is 0 Å². The van der Waals surface area contributed by atoms with Gasteiger partial charge in [0.25, 0.3) is 5.91 Å². The summed E-state index contributed by atoms with van der Waals surface area (Å²) in [6.07, 6.45) is 0. The quantitative estimate of drug-likeness (QED) is 0.806. The Labute approximate surface area is 120 Å². The predicted molar refractivity (Wildman–Crippen MR) is 81.0 cm³/mol. The number of carbonyl (C=O) groups excluding carboxylic acids is 1. The maximum Gasteiger partial charge on any atom is 0.256 e. The molecule has 5 heteroatoms. The topological polar surface area (TPSA) is 46.3 Å². The van der Waals surface area contributed by atoms with Crippen LogP contribution in [0.5, 0.6) is 0 Å². The SMILES string of the molecule is CC1SCCN(C(=O)c2ccc(Br)cc2N)C1C. The number of rotatable bonds is 1. The van der Waals surface area contributed by atoms with Crippen LogP contribution >= 0.6 is 27.7 Å². The van der Waals surface area contributed by atoms with E-state index in [0.717, 1.165) is 16.8 Å². The largest absolute Gasteiger partial charge is 0.398 e. The van der Waals surface area contributed by atoms with E-state index in [1.165, 1.54) is 0 Å². The highest BCUT2D eigenvalue weighted by molar-refractivity contribution is 9.10. The summed E-state index contributed by atoms with van der Waals surface area (Å²) in [5, 5.41) is 0.472. The number of carbonyl (C=O) groups is 1. The van der Waals surface area contributed by atoms with E-state index in [1.54, 1.807) is 12.1 Å². The second-order valence-corrected chi connectivity index (χ2v) is 6.95. The number of amides is 1. The number of anilines is 1. The zero-order chi connectivity index (χ0) is 13.3. The molecular formula is C13H17BrN2OS. The lowest BCUT2D eigenvalue weighted by molar-refractivity contribution is 0.0699. The van der Waals surface area contributed by atoms with Crippen molar-refractivity contribution in [1.29, 1.82) is 0 Å². The molecule has 0 aromatic heterocycles. The monoisotopic (exact) mass is 328 g/mol. The normalized spacial score (nSPS) is 24.1. The van der Waals surface area contributed by atoms with Gasteiger partial charge in [-0.25, -0.2) is 0 Å². The molecule has 2 unspecified atom stereocenters. The predicted octanol–water partition coefficient (Wildman–Crippen LogP) is 3.00. The molecule has 3 nitrogen and oxygen atoms in total. The Morgan fingerprint density at radius 2 is 2.22 bits per heavy atom. The molecule has 1 aliphatic heterocycles. The number of halogens is 1. The Morgan fingerprint density at radius 3 is 2.89 bits per heavy atom. The number of hydrogen-bond donors (Lipinski definition) is 1. The molecule has 0 aliphatic carbocycles. The summed E-state index contributed by atoms with van der Waals surface area (Å²) in [6.45, 7) is 5.06. The molecule has 0 spiro atoms. The van der Waals surface area contributed by atoms with Crippen LogP contribution in [0, 0.1) is 0 Å². The molecule has 1 heterocycles. The summed E-state index contributed by atoms with van der Waals surface area (Å²) < 4.78 is 0.896. The van der Waals surface area contributed by atoms with Crippen molar-refractivity contribution in [1.82, 2.24) is 4.90 Å². The first-order valence-corrected chi connectivity index (χ1v) is 7.82. The average molecular weight is 329 g/mol. The van der Waals surface area contributed by atoms with Gasteiger partial charge in [0.1, 0.15) is 0 Å². The Balaban J connectivity index is 2.25. The lowest BCUT2D eigenvalue weighted by atomic mass is 10.1. The molecule has 1 aliphatic rings. The van der Waals surface area contributed by atoms with Crippen molar-refractivity contribution in [3.63, 3.8) is 0 Å². The van der Waals surface area contributed by atoms with E-state index in [9.17, 15) is 4.79 Å². The van der Waals surface area contributed by atoms with Gasteiger partial charge < -0.3 is 10.6 Å². The summed E-state index contributed by atoms with van der Waals surface area (Å²) in [7, 11) is 0. The molecule has 98 valence electrons. The number of nitrogen functional groups attached to an aromatic ring is 1. The van der Waals surface area contributed by atoms with E-state index in [0.29, 0.717) is 16.5 Å². The molecule has 2 rings (SSSR count). The van der Waals surface area contributed by atoms with E-state index >= 15 is 0 Å². The smallest absolute Gasteiger partial charge is 0.256 e. The molecular weight excluding hydrogens is 312 g/mol. The van der Waals surface area contributed by atoms with Gasteiger partial charge in [-0.2, -0.15) is 11.8 Å². The Bertz CT molecular complexity index is 466. The van der Waals surface area contributed by atoms with Crippen LogP contribution in [0.3, 0.4) is 0 Å². The van der Waals surface area contributed by atoms with E-state index < -0.39 is 0 Å². The zero-order valence-corrected chi connectivity index (χ0v) is 12.9. The van der Waals surface area contributed by atoms with E-state index in [1.807, 2.05) is 22.7 Å². The fourth-order valence-electron chi connectivity index (χ4n) is 2.10. The van der Waals surface area contributed by atoms with Crippen molar-refractivity contribution >= 4 is 39.3 Å². The van der Waals surface area contributed by atoms with Gasteiger partial charge in [0.15, 0.2) is 0 Å². The van der Waals surface area contributed by atoms with Crippen LogP contribution in [0.15, 0.2) is 22.7 Å². The molecule has 0 saturated carbocycles. The molecule has 1 saturated heterocycles. The fraction of sp³-hybridized carbons (Fsp3) is 0.462. The number of nitrogens with zero attached hydrogens (tertiary/aromatic N) is 1.